The minimum atomic E-state index is -1.01. The molecule has 0 saturated carbocycles. The molecule has 3 aromatic rings. The van der Waals surface area contributed by atoms with Crippen LogP contribution < -0.4 is 16.3 Å². The Hall–Kier alpha value is -3.88. The van der Waals surface area contributed by atoms with Gasteiger partial charge in [0.25, 0.3) is 5.56 Å². The molecule has 3 rings (SSSR count). The third-order valence-electron chi connectivity index (χ3n) is 4.12. The number of nitrogens with zero attached hydrogens (tertiary/aromatic N) is 3. The number of carbonyl (C=O) groups excluding carboxylic acids is 2. The lowest BCUT2D eigenvalue weighted by atomic mass is 10.3. The maximum Gasteiger partial charge on any atom is 0.329 e. The van der Waals surface area contributed by atoms with Gasteiger partial charge in [0.05, 0.1) is 17.6 Å². The molecular weight excluding hydrogens is 362 g/mol. The maximum atomic E-state index is 12.7. The molecule has 0 aliphatic heterocycles. The summed E-state index contributed by atoms with van der Waals surface area (Å²) < 4.78 is 8.27. The number of rotatable bonds is 4. The largest absolute Gasteiger partial charge is 0.460 e. The van der Waals surface area contributed by atoms with Crippen molar-refractivity contribution in [1.82, 2.24) is 14.8 Å². The van der Waals surface area contributed by atoms with Gasteiger partial charge in [0, 0.05) is 7.05 Å². The van der Waals surface area contributed by atoms with Crippen molar-refractivity contribution in [2.75, 3.05) is 5.32 Å². The van der Waals surface area contributed by atoms with Crippen molar-refractivity contribution in [3.05, 3.63) is 70.0 Å². The van der Waals surface area contributed by atoms with E-state index in [0.29, 0.717) is 22.9 Å². The van der Waals surface area contributed by atoms with Crippen LogP contribution in [0.4, 0.5) is 5.69 Å². The van der Waals surface area contributed by atoms with Gasteiger partial charge in [-0.25, -0.2) is 10.1 Å². The van der Waals surface area contributed by atoms with Crippen LogP contribution in [-0.4, -0.2) is 27.4 Å². The molecule has 9 nitrogen and oxygen atoms in total. The van der Waals surface area contributed by atoms with E-state index in [-0.39, 0.29) is 5.69 Å². The van der Waals surface area contributed by atoms with Crippen LogP contribution in [-0.2, 0) is 16.6 Å². The van der Waals surface area contributed by atoms with Crippen molar-refractivity contribution in [1.29, 1.82) is 0 Å². The van der Waals surface area contributed by atoms with Crippen molar-refractivity contribution in [3.63, 3.8) is 0 Å². The average Bonchev–Trinajstić information content (AvgIpc) is 3.18. The highest BCUT2D eigenvalue weighted by atomic mass is 16.3. The fourth-order valence-electron chi connectivity index (χ4n) is 2.61. The Morgan fingerprint density at radius 3 is 2.43 bits per heavy atom. The van der Waals surface area contributed by atoms with E-state index in [1.165, 1.54) is 10.9 Å². The van der Waals surface area contributed by atoms with E-state index in [9.17, 15) is 14.4 Å². The van der Waals surface area contributed by atoms with Crippen LogP contribution in [0.25, 0.3) is 5.69 Å². The number of para-hydroxylation sites is 1. The first-order valence-electron chi connectivity index (χ1n) is 8.43. The van der Waals surface area contributed by atoms with E-state index >= 15 is 0 Å². The van der Waals surface area contributed by atoms with Crippen LogP contribution >= 0.6 is 0 Å². The molecule has 0 radical (unpaired) electrons. The molecule has 28 heavy (non-hydrogen) atoms. The normalized spacial score (nSPS) is 11.0. The Labute approximate surface area is 160 Å². The molecule has 1 aromatic carbocycles. The van der Waals surface area contributed by atoms with Gasteiger partial charge < -0.3 is 9.73 Å². The van der Waals surface area contributed by atoms with Crippen molar-refractivity contribution in [3.8, 4) is 5.69 Å². The van der Waals surface area contributed by atoms with E-state index < -0.39 is 17.4 Å². The van der Waals surface area contributed by atoms with Gasteiger partial charge in [-0.1, -0.05) is 18.2 Å². The van der Waals surface area contributed by atoms with Crippen molar-refractivity contribution in [2.45, 2.75) is 13.8 Å². The highest BCUT2D eigenvalue weighted by molar-refractivity contribution is 6.39. The van der Waals surface area contributed by atoms with Gasteiger partial charge in [-0.2, -0.15) is 5.10 Å². The molecule has 2 N–H and O–H groups in total. The second-order valence-electron chi connectivity index (χ2n) is 6.04. The van der Waals surface area contributed by atoms with E-state index in [0.717, 1.165) is 0 Å². The van der Waals surface area contributed by atoms with Crippen LogP contribution in [0.5, 0.6) is 0 Å². The minimum absolute atomic E-state index is 0.0251. The second-order valence-corrected chi connectivity index (χ2v) is 6.04. The summed E-state index contributed by atoms with van der Waals surface area (Å²) in [7, 11) is 1.69. The number of anilines is 1. The Bertz CT molecular complexity index is 1110. The van der Waals surface area contributed by atoms with Gasteiger partial charge >= 0.3 is 11.8 Å². The summed E-state index contributed by atoms with van der Waals surface area (Å²) >= 11 is 0. The number of hydrazone groups is 1. The third kappa shape index (κ3) is 3.78. The molecule has 0 spiro atoms. The molecule has 2 heterocycles. The zero-order valence-electron chi connectivity index (χ0n) is 15.6. The number of furan rings is 1. The van der Waals surface area contributed by atoms with Gasteiger partial charge in [0.2, 0.25) is 0 Å². The van der Waals surface area contributed by atoms with E-state index in [1.54, 1.807) is 62.0 Å². The van der Waals surface area contributed by atoms with Crippen LogP contribution in [0.1, 0.15) is 17.2 Å². The molecule has 0 unspecified atom stereocenters. The highest BCUT2D eigenvalue weighted by Gasteiger charge is 2.21. The number of hydrogen-bond donors (Lipinski definition) is 2. The molecule has 0 atom stereocenters. The summed E-state index contributed by atoms with van der Waals surface area (Å²) in [4.78, 5) is 36.8. The van der Waals surface area contributed by atoms with Gasteiger partial charge in [-0.05, 0) is 38.1 Å². The number of hydrogen-bond acceptors (Lipinski definition) is 5. The molecule has 0 aliphatic rings. The number of benzene rings is 1. The van der Waals surface area contributed by atoms with Crippen LogP contribution in [0, 0.1) is 13.8 Å². The highest BCUT2D eigenvalue weighted by Crippen LogP contribution is 2.13. The molecule has 9 heteroatoms. The molecule has 144 valence electrons. The van der Waals surface area contributed by atoms with E-state index in [4.69, 9.17) is 4.42 Å². The Kier molecular flexibility index (Phi) is 5.25. The van der Waals surface area contributed by atoms with Gasteiger partial charge in [-0.15, -0.1) is 0 Å². The van der Waals surface area contributed by atoms with Crippen molar-refractivity contribution >= 4 is 23.7 Å². The van der Waals surface area contributed by atoms with Gasteiger partial charge in [0.15, 0.2) is 0 Å². The summed E-state index contributed by atoms with van der Waals surface area (Å²) in [5.41, 5.74) is 2.82. The van der Waals surface area contributed by atoms with Gasteiger partial charge in [-0.3, -0.25) is 19.1 Å². The zero-order valence-corrected chi connectivity index (χ0v) is 15.6. The molecule has 0 bridgehead atoms. The molecular formula is C19H19N5O4. The summed E-state index contributed by atoms with van der Waals surface area (Å²) in [6, 6.07) is 12.4. The molecule has 2 amide bonds. The summed E-state index contributed by atoms with van der Waals surface area (Å²) in [6.45, 7) is 3.44. The fraction of sp³-hybridized carbons (Fsp3) is 0.158. The second kappa shape index (κ2) is 7.78. The SMILES string of the molecule is Cc1ccc(/C=N\NC(=O)C(=O)Nc2c(C)n(C)n(-c3ccccc3)c2=O)o1. The topological polar surface area (TPSA) is 111 Å². The first kappa shape index (κ1) is 18.9. The number of aryl methyl sites for hydroxylation is 1. The Morgan fingerprint density at radius 2 is 1.79 bits per heavy atom. The fourth-order valence-corrected chi connectivity index (χ4v) is 2.61. The van der Waals surface area contributed by atoms with Crippen molar-refractivity contribution < 1.29 is 14.0 Å². The number of nitrogens with one attached hydrogen (secondary N) is 2. The van der Waals surface area contributed by atoms with Crippen LogP contribution in [0.3, 0.4) is 0 Å². The summed E-state index contributed by atoms with van der Waals surface area (Å²) in [5.74, 6) is -0.880. The van der Waals surface area contributed by atoms with Crippen LogP contribution in [0.15, 0.2) is 56.8 Å². The van der Waals surface area contributed by atoms with Crippen molar-refractivity contribution in [2.24, 2.45) is 12.1 Å². The molecule has 2 aromatic heterocycles. The first-order chi connectivity index (χ1) is 13.4. The first-order valence-corrected chi connectivity index (χ1v) is 8.43. The van der Waals surface area contributed by atoms with E-state index in [2.05, 4.69) is 15.8 Å². The molecule has 0 fully saturated rings. The Morgan fingerprint density at radius 1 is 1.07 bits per heavy atom. The summed E-state index contributed by atoms with van der Waals surface area (Å²) in [5, 5.41) is 6.02. The number of aromatic nitrogens is 2. The lowest BCUT2D eigenvalue weighted by Gasteiger charge is -2.07. The molecule has 0 saturated heterocycles. The lowest BCUT2D eigenvalue weighted by Crippen LogP contribution is -2.34. The number of carbonyl (C=O) groups is 2. The average molecular weight is 381 g/mol. The summed E-state index contributed by atoms with van der Waals surface area (Å²) in [6.07, 6.45) is 1.27. The van der Waals surface area contributed by atoms with Gasteiger partial charge in [0.1, 0.15) is 17.2 Å². The predicted octanol–water partition coefficient (Wildman–Crippen LogP) is 1.47. The quantitative estimate of drug-likeness (QED) is 0.405. The zero-order chi connectivity index (χ0) is 20.3. The maximum absolute atomic E-state index is 12.7. The minimum Gasteiger partial charge on any atom is -0.460 e. The standard InChI is InChI=1S/C19H19N5O4/c1-12-9-10-15(28-12)11-20-22-18(26)17(25)21-16-13(2)23(3)24(19(16)27)14-7-5-4-6-8-14/h4-11H,1-3H3,(H,21,25)(H,22,26)/b20-11-. The van der Waals surface area contributed by atoms with Crippen LogP contribution in [0.2, 0.25) is 0 Å². The predicted molar refractivity (Wildman–Crippen MR) is 104 cm³/mol. The Balaban J connectivity index is 1.74. The monoisotopic (exact) mass is 381 g/mol. The lowest BCUT2D eigenvalue weighted by molar-refractivity contribution is -0.136. The smallest absolute Gasteiger partial charge is 0.329 e. The number of amides is 2. The van der Waals surface area contributed by atoms with E-state index in [1.807, 2.05) is 6.07 Å². The third-order valence-corrected chi connectivity index (χ3v) is 4.12. The molecule has 0 aliphatic carbocycles.